The van der Waals surface area contributed by atoms with Gasteiger partial charge in [0.25, 0.3) is 0 Å². The highest BCUT2D eigenvalue weighted by Crippen LogP contribution is 2.27. The number of ether oxygens (including phenoxy) is 1. The van der Waals surface area contributed by atoms with Gasteiger partial charge in [-0.05, 0) is 6.07 Å². The number of benzene rings is 1. The summed E-state index contributed by atoms with van der Waals surface area (Å²) in [6, 6.07) is 2.45. The van der Waals surface area contributed by atoms with Crippen LogP contribution in [0.1, 0.15) is 5.56 Å². The van der Waals surface area contributed by atoms with Crippen LogP contribution in [0.25, 0.3) is 0 Å². The first-order chi connectivity index (χ1) is 6.61. The molecule has 0 atom stereocenters. The Morgan fingerprint density at radius 3 is 2.50 bits per heavy atom. The molecule has 0 radical (unpaired) electrons. The van der Waals surface area contributed by atoms with E-state index in [0.717, 1.165) is 13.2 Å². The smallest absolute Gasteiger partial charge is 0.203 e. The second-order valence-corrected chi connectivity index (χ2v) is 2.51. The highest BCUT2D eigenvalue weighted by Gasteiger charge is 2.18. The second kappa shape index (κ2) is 4.01. The highest BCUT2D eigenvalue weighted by atomic mass is 19.2. The van der Waals surface area contributed by atoms with Crippen LogP contribution in [-0.4, -0.2) is 7.11 Å². The summed E-state index contributed by atoms with van der Waals surface area (Å²) < 4.78 is 42.9. The topological polar surface area (TPSA) is 33.0 Å². The first kappa shape index (κ1) is 10.4. The third kappa shape index (κ3) is 1.64. The van der Waals surface area contributed by atoms with E-state index in [1.54, 1.807) is 6.07 Å². The Labute approximate surface area is 78.5 Å². The van der Waals surface area contributed by atoms with E-state index < -0.39 is 23.2 Å². The molecule has 1 rings (SSSR count). The molecule has 0 heterocycles. The van der Waals surface area contributed by atoms with Crippen molar-refractivity contribution in [1.82, 2.24) is 0 Å². The molecule has 0 N–H and O–H groups in total. The fourth-order valence-electron chi connectivity index (χ4n) is 1.06. The van der Waals surface area contributed by atoms with Crippen LogP contribution in [0.4, 0.5) is 13.2 Å². The van der Waals surface area contributed by atoms with Gasteiger partial charge in [-0.1, -0.05) is 0 Å². The average molecular weight is 201 g/mol. The van der Waals surface area contributed by atoms with E-state index in [4.69, 9.17) is 5.26 Å². The Hall–Kier alpha value is -1.70. The fraction of sp³-hybridized carbons (Fsp3) is 0.222. The molecule has 0 amide bonds. The summed E-state index contributed by atoms with van der Waals surface area (Å²) >= 11 is 0. The first-order valence-corrected chi connectivity index (χ1v) is 3.69. The molecule has 2 nitrogen and oxygen atoms in total. The summed E-state index contributed by atoms with van der Waals surface area (Å²) in [5, 5.41) is 8.35. The van der Waals surface area contributed by atoms with Crippen LogP contribution in [0.15, 0.2) is 6.07 Å². The van der Waals surface area contributed by atoms with E-state index in [2.05, 4.69) is 4.74 Å². The summed E-state index contributed by atoms with van der Waals surface area (Å²) in [7, 11) is 1.12. The summed E-state index contributed by atoms with van der Waals surface area (Å²) in [6.07, 6.45) is -0.239. The molecular formula is C9H6F3NO. The lowest BCUT2D eigenvalue weighted by Crippen LogP contribution is -2.00. The molecule has 0 spiro atoms. The number of halogens is 3. The van der Waals surface area contributed by atoms with Crippen molar-refractivity contribution in [3.05, 3.63) is 29.1 Å². The molecule has 1 aromatic rings. The number of rotatable bonds is 2. The van der Waals surface area contributed by atoms with Crippen LogP contribution in [0, 0.1) is 28.8 Å². The van der Waals surface area contributed by atoms with Gasteiger partial charge in [-0.2, -0.15) is 9.65 Å². The lowest BCUT2D eigenvalue weighted by Gasteiger charge is -2.07. The molecule has 0 saturated heterocycles. The molecule has 0 saturated carbocycles. The zero-order valence-electron chi connectivity index (χ0n) is 7.27. The van der Waals surface area contributed by atoms with Gasteiger partial charge in [0.15, 0.2) is 17.4 Å². The lowest BCUT2D eigenvalue weighted by molar-refractivity contribution is 0.356. The summed E-state index contributed by atoms with van der Waals surface area (Å²) in [6.45, 7) is 0. The van der Waals surface area contributed by atoms with Crippen molar-refractivity contribution >= 4 is 0 Å². The van der Waals surface area contributed by atoms with Crippen LogP contribution in [-0.2, 0) is 6.42 Å². The minimum Gasteiger partial charge on any atom is -0.493 e. The zero-order chi connectivity index (χ0) is 10.7. The Bertz CT molecular complexity index is 398. The zero-order valence-corrected chi connectivity index (χ0v) is 7.27. The Morgan fingerprint density at radius 1 is 1.36 bits per heavy atom. The van der Waals surface area contributed by atoms with Crippen molar-refractivity contribution in [2.24, 2.45) is 0 Å². The average Bonchev–Trinajstić information content (AvgIpc) is 2.16. The van der Waals surface area contributed by atoms with E-state index in [1.165, 1.54) is 0 Å². The fourth-order valence-corrected chi connectivity index (χ4v) is 1.06. The van der Waals surface area contributed by atoms with Gasteiger partial charge in [0, 0.05) is 5.56 Å². The third-order valence-electron chi connectivity index (χ3n) is 1.67. The number of hydrogen-bond donors (Lipinski definition) is 0. The predicted molar refractivity (Wildman–Crippen MR) is 42.2 cm³/mol. The molecule has 0 aliphatic heterocycles. The van der Waals surface area contributed by atoms with Gasteiger partial charge in [-0.3, -0.25) is 0 Å². The van der Waals surface area contributed by atoms with Gasteiger partial charge < -0.3 is 4.74 Å². The van der Waals surface area contributed by atoms with Gasteiger partial charge >= 0.3 is 0 Å². The molecule has 0 aromatic heterocycles. The minimum absolute atomic E-state index is 0.00796. The largest absolute Gasteiger partial charge is 0.493 e. The Morgan fingerprint density at radius 2 is 2.00 bits per heavy atom. The van der Waals surface area contributed by atoms with Crippen LogP contribution >= 0.6 is 0 Å². The molecule has 5 heteroatoms. The van der Waals surface area contributed by atoms with Crippen molar-refractivity contribution in [1.29, 1.82) is 5.26 Å². The number of methoxy groups -OCH3 is 1. The standard InChI is InChI=1S/C9H6F3NO/c1-14-9-5(2-3-13)4-6(10)7(11)8(9)12/h4H,2H2,1H3. The second-order valence-electron chi connectivity index (χ2n) is 2.51. The molecule has 0 unspecified atom stereocenters. The third-order valence-corrected chi connectivity index (χ3v) is 1.67. The predicted octanol–water partition coefficient (Wildman–Crippen LogP) is 2.18. The van der Waals surface area contributed by atoms with Gasteiger partial charge in [-0.15, -0.1) is 0 Å². The van der Waals surface area contributed by atoms with Crippen LogP contribution in [0.3, 0.4) is 0 Å². The molecule has 0 bridgehead atoms. The van der Waals surface area contributed by atoms with Gasteiger partial charge in [0.2, 0.25) is 5.82 Å². The van der Waals surface area contributed by atoms with Gasteiger partial charge in [0.1, 0.15) is 0 Å². The quantitative estimate of drug-likeness (QED) is 0.687. The normalized spacial score (nSPS) is 9.64. The van der Waals surface area contributed by atoms with Gasteiger partial charge in [-0.25, -0.2) is 8.78 Å². The van der Waals surface area contributed by atoms with Crippen LogP contribution < -0.4 is 4.74 Å². The van der Waals surface area contributed by atoms with Crippen molar-refractivity contribution < 1.29 is 17.9 Å². The SMILES string of the molecule is COc1c(CC#N)cc(F)c(F)c1F. The van der Waals surface area contributed by atoms with Crippen LogP contribution in [0.5, 0.6) is 5.75 Å². The maximum atomic E-state index is 13.0. The first-order valence-electron chi connectivity index (χ1n) is 3.69. The lowest BCUT2D eigenvalue weighted by atomic mass is 10.1. The molecule has 0 aliphatic carbocycles. The van der Waals surface area contributed by atoms with E-state index in [9.17, 15) is 13.2 Å². The Kier molecular flexibility index (Phi) is 2.97. The summed E-state index contributed by atoms with van der Waals surface area (Å²) in [5.74, 6) is -4.75. The monoisotopic (exact) mass is 201 g/mol. The molecule has 0 fully saturated rings. The molecule has 0 aliphatic rings. The van der Waals surface area contributed by atoms with E-state index >= 15 is 0 Å². The number of nitriles is 1. The van der Waals surface area contributed by atoms with Crippen molar-refractivity contribution in [3.8, 4) is 11.8 Å². The summed E-state index contributed by atoms with van der Waals surface area (Å²) in [5.41, 5.74) is -0.00796. The number of nitrogens with zero attached hydrogens (tertiary/aromatic N) is 1. The number of hydrogen-bond acceptors (Lipinski definition) is 2. The maximum absolute atomic E-state index is 13.0. The van der Waals surface area contributed by atoms with Gasteiger partial charge in [0.05, 0.1) is 19.6 Å². The Balaban J connectivity index is 3.37. The van der Waals surface area contributed by atoms with E-state index in [0.29, 0.717) is 0 Å². The summed E-state index contributed by atoms with van der Waals surface area (Å²) in [4.78, 5) is 0. The molecule has 14 heavy (non-hydrogen) atoms. The van der Waals surface area contributed by atoms with Crippen molar-refractivity contribution in [2.45, 2.75) is 6.42 Å². The molecule has 74 valence electrons. The molecular weight excluding hydrogens is 195 g/mol. The van der Waals surface area contributed by atoms with Crippen LogP contribution in [0.2, 0.25) is 0 Å². The van der Waals surface area contributed by atoms with Crippen molar-refractivity contribution in [2.75, 3.05) is 7.11 Å². The van der Waals surface area contributed by atoms with Crippen molar-refractivity contribution in [3.63, 3.8) is 0 Å². The minimum atomic E-state index is -1.59. The van der Waals surface area contributed by atoms with E-state index in [-0.39, 0.29) is 12.0 Å². The van der Waals surface area contributed by atoms with E-state index in [1.807, 2.05) is 0 Å². The maximum Gasteiger partial charge on any atom is 0.203 e. The highest BCUT2D eigenvalue weighted by molar-refractivity contribution is 5.38. The molecule has 1 aromatic carbocycles.